The monoisotopic (exact) mass is 631 g/mol. The van der Waals surface area contributed by atoms with E-state index in [1.807, 2.05) is 35.2 Å². The minimum Gasteiger partial charge on any atom is -0.340 e. The van der Waals surface area contributed by atoms with Gasteiger partial charge in [-0.3, -0.25) is 14.5 Å². The Balaban J connectivity index is 1.30. The number of benzene rings is 2. The van der Waals surface area contributed by atoms with Crippen LogP contribution < -0.4 is 5.32 Å². The maximum Gasteiger partial charge on any atom is 0.252 e. The second-order valence-corrected chi connectivity index (χ2v) is 13.6. The molecule has 3 heterocycles. The molecule has 240 valence electrons. The van der Waals surface area contributed by atoms with Gasteiger partial charge in [0.1, 0.15) is 17.7 Å². The molecule has 0 saturated carbocycles. The lowest BCUT2D eigenvalue weighted by Crippen LogP contribution is -2.50. The first kappa shape index (κ1) is 32.8. The maximum absolute atomic E-state index is 13.8. The normalized spacial score (nSPS) is 15.1. The Hall–Kier alpha value is -3.56. The van der Waals surface area contributed by atoms with Crippen LogP contribution in [0.1, 0.15) is 86.0 Å². The Morgan fingerprint density at radius 3 is 2.47 bits per heavy atom. The number of amides is 2. The van der Waals surface area contributed by atoms with E-state index in [2.05, 4.69) is 60.0 Å². The van der Waals surface area contributed by atoms with Gasteiger partial charge < -0.3 is 14.8 Å². The van der Waals surface area contributed by atoms with E-state index in [9.17, 15) is 14.0 Å². The van der Waals surface area contributed by atoms with Gasteiger partial charge in [0.05, 0.1) is 11.0 Å². The van der Waals surface area contributed by atoms with E-state index in [1.54, 1.807) is 11.3 Å². The number of carbonyl (C=O) groups is 2. The molecule has 0 unspecified atom stereocenters. The number of halogens is 1. The second-order valence-electron chi connectivity index (χ2n) is 12.6. The van der Waals surface area contributed by atoms with Crippen molar-refractivity contribution < 1.29 is 14.0 Å². The molecule has 0 bridgehead atoms. The third kappa shape index (κ3) is 8.19. The van der Waals surface area contributed by atoms with Gasteiger partial charge in [0.2, 0.25) is 5.91 Å². The number of thiophene rings is 1. The van der Waals surface area contributed by atoms with E-state index in [4.69, 9.17) is 4.98 Å². The number of hydrogen-bond donors (Lipinski definition) is 1. The van der Waals surface area contributed by atoms with Crippen molar-refractivity contribution in [3.8, 4) is 0 Å². The van der Waals surface area contributed by atoms with Crippen LogP contribution in [0.4, 0.5) is 4.39 Å². The average Bonchev–Trinajstić information content (AvgIpc) is 3.60. The van der Waals surface area contributed by atoms with Crippen molar-refractivity contribution in [2.24, 2.45) is 5.92 Å². The first-order valence-electron chi connectivity index (χ1n) is 16.3. The minimum atomic E-state index is -0.603. The molecular weight excluding hydrogens is 585 g/mol. The molecule has 0 spiro atoms. The third-order valence-electron chi connectivity index (χ3n) is 8.77. The Bertz CT molecular complexity index is 1560. The van der Waals surface area contributed by atoms with Crippen LogP contribution in [-0.2, 0) is 17.8 Å². The average molecular weight is 632 g/mol. The molecule has 1 aliphatic heterocycles. The lowest BCUT2D eigenvalue weighted by Gasteiger charge is -2.28. The molecule has 1 saturated heterocycles. The smallest absolute Gasteiger partial charge is 0.252 e. The van der Waals surface area contributed by atoms with Crippen LogP contribution in [0.25, 0.3) is 11.0 Å². The Morgan fingerprint density at radius 2 is 1.78 bits per heavy atom. The number of nitrogens with zero attached hydrogens (tertiary/aromatic N) is 4. The van der Waals surface area contributed by atoms with Crippen LogP contribution in [-0.4, -0.2) is 63.4 Å². The van der Waals surface area contributed by atoms with Gasteiger partial charge in [-0.05, 0) is 78.9 Å². The highest BCUT2D eigenvalue weighted by atomic mass is 32.1. The molecule has 2 aromatic carbocycles. The molecule has 1 aliphatic rings. The van der Waals surface area contributed by atoms with E-state index in [1.165, 1.54) is 17.0 Å². The van der Waals surface area contributed by atoms with Crippen LogP contribution >= 0.6 is 11.3 Å². The third-order valence-corrected chi connectivity index (χ3v) is 9.65. The Kier molecular flexibility index (Phi) is 11.0. The van der Waals surface area contributed by atoms with E-state index in [0.717, 1.165) is 67.7 Å². The summed E-state index contributed by atoms with van der Waals surface area (Å²) in [6.45, 7) is 12.1. The molecule has 7 nitrogen and oxygen atoms in total. The minimum absolute atomic E-state index is 0.0296. The van der Waals surface area contributed by atoms with Gasteiger partial charge in [0.25, 0.3) is 5.91 Å². The zero-order valence-electron chi connectivity index (χ0n) is 27.0. The van der Waals surface area contributed by atoms with Gasteiger partial charge in [-0.2, -0.15) is 0 Å². The van der Waals surface area contributed by atoms with Crippen molar-refractivity contribution in [2.75, 3.05) is 26.2 Å². The number of rotatable bonds is 12. The summed E-state index contributed by atoms with van der Waals surface area (Å²) in [5, 5.41) is 5.18. The SMILES string of the molecule is CCC(CC)n1c(Cc2cccs2)nc2cc(C(=O)N[C@@H](CC(C)C)C(=O)N3CCCN(Cc4ccc(F)cc4)CC3)ccc21. The molecule has 4 aromatic rings. The van der Waals surface area contributed by atoms with Gasteiger partial charge in [0.15, 0.2) is 0 Å². The fourth-order valence-electron chi connectivity index (χ4n) is 6.40. The van der Waals surface area contributed by atoms with Gasteiger partial charge in [-0.25, -0.2) is 9.37 Å². The lowest BCUT2D eigenvalue weighted by molar-refractivity contribution is -0.133. The molecule has 1 atom stereocenters. The molecule has 0 radical (unpaired) electrons. The molecule has 1 fully saturated rings. The molecule has 0 aliphatic carbocycles. The number of imidazole rings is 1. The largest absolute Gasteiger partial charge is 0.340 e. The summed E-state index contributed by atoms with van der Waals surface area (Å²) in [5.74, 6) is 0.735. The van der Waals surface area contributed by atoms with Gasteiger partial charge in [-0.15, -0.1) is 11.3 Å². The highest BCUT2D eigenvalue weighted by molar-refractivity contribution is 7.09. The quantitative estimate of drug-likeness (QED) is 0.182. The standard InChI is InChI=1S/C36H46FN5O2S/c1-5-29(6-2)42-33-15-12-27(22-31(33)38-34(42)23-30-9-7-20-45-30)35(43)39-32(21-25(3)4)36(44)41-17-8-16-40(18-19-41)24-26-10-13-28(37)14-11-26/h7,9-15,20,22,25,29,32H,5-6,8,16-19,21,23-24H2,1-4H3,(H,39,43)/t32-/m0/s1. The first-order chi connectivity index (χ1) is 21.7. The highest BCUT2D eigenvalue weighted by Gasteiger charge is 2.29. The van der Waals surface area contributed by atoms with Crippen LogP contribution in [0.2, 0.25) is 0 Å². The summed E-state index contributed by atoms with van der Waals surface area (Å²) in [5.41, 5.74) is 3.42. The van der Waals surface area contributed by atoms with Crippen molar-refractivity contribution >= 4 is 34.2 Å². The zero-order valence-corrected chi connectivity index (χ0v) is 27.8. The number of nitrogens with one attached hydrogen (secondary N) is 1. The summed E-state index contributed by atoms with van der Waals surface area (Å²) in [4.78, 5) is 38.0. The van der Waals surface area contributed by atoms with E-state index in [-0.39, 0.29) is 23.5 Å². The Labute approximate surface area is 270 Å². The van der Waals surface area contributed by atoms with Crippen LogP contribution in [0.5, 0.6) is 0 Å². The summed E-state index contributed by atoms with van der Waals surface area (Å²) < 4.78 is 15.7. The summed E-state index contributed by atoms with van der Waals surface area (Å²) in [7, 11) is 0. The fraction of sp³-hybridized carbons (Fsp3) is 0.472. The molecule has 5 rings (SSSR count). The molecule has 2 amide bonds. The van der Waals surface area contributed by atoms with Crippen LogP contribution in [0, 0.1) is 11.7 Å². The maximum atomic E-state index is 13.8. The van der Waals surface area contributed by atoms with E-state index < -0.39 is 6.04 Å². The van der Waals surface area contributed by atoms with E-state index in [0.29, 0.717) is 31.1 Å². The van der Waals surface area contributed by atoms with Crippen molar-refractivity contribution in [1.82, 2.24) is 24.7 Å². The first-order valence-corrected chi connectivity index (χ1v) is 17.2. The van der Waals surface area contributed by atoms with Crippen molar-refractivity contribution in [3.63, 3.8) is 0 Å². The lowest BCUT2D eigenvalue weighted by atomic mass is 10.0. The predicted molar refractivity (Wildman–Crippen MR) is 180 cm³/mol. The van der Waals surface area contributed by atoms with Gasteiger partial charge in [0, 0.05) is 55.6 Å². The number of carbonyl (C=O) groups excluding carboxylic acids is 2. The van der Waals surface area contributed by atoms with E-state index >= 15 is 0 Å². The fourth-order valence-corrected chi connectivity index (χ4v) is 7.10. The molecular formula is C36H46FN5O2S. The second kappa shape index (κ2) is 15.1. The zero-order chi connectivity index (χ0) is 31.9. The molecule has 9 heteroatoms. The Morgan fingerprint density at radius 1 is 1.00 bits per heavy atom. The highest BCUT2D eigenvalue weighted by Crippen LogP contribution is 2.28. The number of hydrogen-bond acceptors (Lipinski definition) is 5. The number of fused-ring (bicyclic) bond motifs is 1. The molecule has 2 aromatic heterocycles. The van der Waals surface area contributed by atoms with Crippen LogP contribution in [0.15, 0.2) is 60.0 Å². The summed E-state index contributed by atoms with van der Waals surface area (Å²) >= 11 is 1.73. The summed E-state index contributed by atoms with van der Waals surface area (Å²) in [6, 6.07) is 16.3. The van der Waals surface area contributed by atoms with Crippen molar-refractivity contribution in [3.05, 3.63) is 87.6 Å². The number of aromatic nitrogens is 2. The van der Waals surface area contributed by atoms with Crippen molar-refractivity contribution in [2.45, 2.75) is 78.4 Å². The van der Waals surface area contributed by atoms with Gasteiger partial charge >= 0.3 is 0 Å². The topological polar surface area (TPSA) is 70.5 Å². The van der Waals surface area contributed by atoms with Crippen molar-refractivity contribution in [1.29, 1.82) is 0 Å². The van der Waals surface area contributed by atoms with Gasteiger partial charge in [-0.1, -0.05) is 45.9 Å². The predicted octanol–water partition coefficient (Wildman–Crippen LogP) is 7.07. The van der Waals surface area contributed by atoms with Crippen LogP contribution in [0.3, 0.4) is 0 Å². The summed E-state index contributed by atoms with van der Waals surface area (Å²) in [6.07, 6.45) is 4.17. The molecule has 1 N–H and O–H groups in total. The molecule has 45 heavy (non-hydrogen) atoms.